The third-order valence-electron chi connectivity index (χ3n) is 3.22. The molecule has 0 aliphatic carbocycles. The highest BCUT2D eigenvalue weighted by Crippen LogP contribution is 2.24. The number of carbonyl (C=O) groups is 1. The normalized spacial score (nSPS) is 10.3. The summed E-state index contributed by atoms with van der Waals surface area (Å²) in [6.45, 7) is 2.29. The Morgan fingerprint density at radius 3 is 2.71 bits per heavy atom. The Kier molecular flexibility index (Phi) is 4.77. The molecule has 1 heterocycles. The molecule has 0 aliphatic rings. The topological polar surface area (TPSA) is 85.4 Å². The van der Waals surface area contributed by atoms with Crippen LogP contribution in [0.1, 0.15) is 27.9 Å². The first kappa shape index (κ1) is 14.8. The van der Waals surface area contributed by atoms with Crippen LogP contribution in [0.3, 0.4) is 0 Å². The van der Waals surface area contributed by atoms with Gasteiger partial charge in [-0.05, 0) is 55.2 Å². The number of aromatic carboxylic acids is 1. The molecule has 2 aromatic rings. The average Bonchev–Trinajstić information content (AvgIpc) is 2.47. The molecule has 3 N–H and O–H groups in total. The van der Waals surface area contributed by atoms with Gasteiger partial charge in [0.2, 0.25) is 0 Å². The molecule has 1 aromatic heterocycles. The first-order valence-corrected chi connectivity index (χ1v) is 6.73. The highest BCUT2D eigenvalue weighted by Gasteiger charge is 2.12. The lowest BCUT2D eigenvalue weighted by atomic mass is 10.1. The Hall–Kier alpha value is -2.56. The number of aryl methyl sites for hydroxylation is 2. The second-order valence-electron chi connectivity index (χ2n) is 4.81. The van der Waals surface area contributed by atoms with Gasteiger partial charge in [-0.3, -0.25) is 4.98 Å². The van der Waals surface area contributed by atoms with Gasteiger partial charge in [-0.2, -0.15) is 0 Å². The fourth-order valence-corrected chi connectivity index (χ4v) is 2.04. The summed E-state index contributed by atoms with van der Waals surface area (Å²) >= 11 is 0. The van der Waals surface area contributed by atoms with Crippen LogP contribution in [0.5, 0.6) is 5.75 Å². The van der Waals surface area contributed by atoms with E-state index < -0.39 is 5.97 Å². The number of rotatable bonds is 6. The maximum Gasteiger partial charge on any atom is 0.337 e. The zero-order chi connectivity index (χ0) is 15.2. The number of benzene rings is 1. The lowest BCUT2D eigenvalue weighted by Crippen LogP contribution is -2.06. The van der Waals surface area contributed by atoms with Gasteiger partial charge in [0.25, 0.3) is 0 Å². The Morgan fingerprint density at radius 2 is 2.05 bits per heavy atom. The second-order valence-corrected chi connectivity index (χ2v) is 4.81. The molecule has 0 unspecified atom stereocenters. The van der Waals surface area contributed by atoms with E-state index in [-0.39, 0.29) is 11.3 Å². The van der Waals surface area contributed by atoms with Gasteiger partial charge >= 0.3 is 5.97 Å². The molecule has 0 aliphatic heterocycles. The van der Waals surface area contributed by atoms with Gasteiger partial charge in [0, 0.05) is 18.1 Å². The molecule has 5 nitrogen and oxygen atoms in total. The number of anilines is 1. The maximum atomic E-state index is 11.1. The molecular formula is C16H18N2O3. The fourth-order valence-electron chi connectivity index (χ4n) is 2.04. The van der Waals surface area contributed by atoms with Crippen LogP contribution in [-0.2, 0) is 6.42 Å². The summed E-state index contributed by atoms with van der Waals surface area (Å²) in [5, 5.41) is 9.09. The SMILES string of the molecule is Cc1cc(OCCCc2ccncc2)cc(C(=O)O)c1N. The molecule has 0 fully saturated rings. The molecular weight excluding hydrogens is 268 g/mol. The Labute approximate surface area is 123 Å². The zero-order valence-electron chi connectivity index (χ0n) is 11.9. The predicted molar refractivity (Wildman–Crippen MR) is 80.6 cm³/mol. The van der Waals surface area contributed by atoms with E-state index in [0.717, 1.165) is 12.8 Å². The lowest BCUT2D eigenvalue weighted by Gasteiger charge is -2.11. The Bertz CT molecular complexity index is 627. The maximum absolute atomic E-state index is 11.1. The van der Waals surface area contributed by atoms with Crippen LogP contribution in [0, 0.1) is 6.92 Å². The van der Waals surface area contributed by atoms with Gasteiger partial charge in [-0.25, -0.2) is 4.79 Å². The van der Waals surface area contributed by atoms with Crippen LogP contribution in [0.15, 0.2) is 36.7 Å². The van der Waals surface area contributed by atoms with Crippen molar-refractivity contribution in [2.24, 2.45) is 0 Å². The van der Waals surface area contributed by atoms with E-state index >= 15 is 0 Å². The predicted octanol–water partition coefficient (Wildman–Crippen LogP) is 2.68. The van der Waals surface area contributed by atoms with Crippen molar-refractivity contribution in [1.82, 2.24) is 4.98 Å². The molecule has 0 saturated carbocycles. The monoisotopic (exact) mass is 286 g/mol. The third-order valence-corrected chi connectivity index (χ3v) is 3.22. The zero-order valence-corrected chi connectivity index (χ0v) is 11.9. The molecule has 0 amide bonds. The number of aromatic nitrogens is 1. The minimum Gasteiger partial charge on any atom is -0.494 e. The highest BCUT2D eigenvalue weighted by molar-refractivity contribution is 5.95. The van der Waals surface area contributed by atoms with Crippen LogP contribution in [0.25, 0.3) is 0 Å². The van der Waals surface area contributed by atoms with Gasteiger partial charge in [0.05, 0.1) is 12.2 Å². The number of ether oxygens (including phenoxy) is 1. The van der Waals surface area contributed by atoms with Crippen LogP contribution in [0.2, 0.25) is 0 Å². The van der Waals surface area contributed by atoms with E-state index in [1.807, 2.05) is 12.1 Å². The minimum absolute atomic E-state index is 0.0825. The number of carboxylic acids is 1. The minimum atomic E-state index is -1.04. The van der Waals surface area contributed by atoms with Crippen molar-refractivity contribution in [2.45, 2.75) is 19.8 Å². The quantitative estimate of drug-likeness (QED) is 0.630. The second kappa shape index (κ2) is 6.74. The van der Waals surface area contributed by atoms with E-state index in [1.54, 1.807) is 25.4 Å². The number of hydrogen-bond acceptors (Lipinski definition) is 4. The van der Waals surface area contributed by atoms with Crippen LogP contribution < -0.4 is 10.5 Å². The smallest absolute Gasteiger partial charge is 0.337 e. The summed E-state index contributed by atoms with van der Waals surface area (Å²) in [5.41, 5.74) is 8.02. The van der Waals surface area contributed by atoms with Crippen LogP contribution in [0.4, 0.5) is 5.69 Å². The average molecular weight is 286 g/mol. The molecule has 21 heavy (non-hydrogen) atoms. The first-order chi connectivity index (χ1) is 10.1. The molecule has 5 heteroatoms. The third kappa shape index (κ3) is 3.95. The highest BCUT2D eigenvalue weighted by atomic mass is 16.5. The van der Waals surface area contributed by atoms with E-state index in [4.69, 9.17) is 15.6 Å². The van der Waals surface area contributed by atoms with Crippen LogP contribution in [-0.4, -0.2) is 22.7 Å². The van der Waals surface area contributed by atoms with Crippen molar-refractivity contribution in [3.8, 4) is 5.75 Å². The number of pyridine rings is 1. The Morgan fingerprint density at radius 1 is 1.33 bits per heavy atom. The van der Waals surface area contributed by atoms with Crippen molar-refractivity contribution in [3.05, 3.63) is 53.3 Å². The lowest BCUT2D eigenvalue weighted by molar-refractivity contribution is 0.0697. The number of hydrogen-bond donors (Lipinski definition) is 2. The molecule has 0 radical (unpaired) electrons. The largest absolute Gasteiger partial charge is 0.494 e. The first-order valence-electron chi connectivity index (χ1n) is 6.73. The Balaban J connectivity index is 1.93. The molecule has 0 bridgehead atoms. The van der Waals surface area contributed by atoms with Crippen LogP contribution >= 0.6 is 0 Å². The summed E-state index contributed by atoms with van der Waals surface area (Å²) in [4.78, 5) is 15.1. The van der Waals surface area contributed by atoms with Crippen molar-refractivity contribution in [2.75, 3.05) is 12.3 Å². The number of nitrogen functional groups attached to an aromatic ring is 1. The summed E-state index contributed by atoms with van der Waals surface area (Å²) in [6, 6.07) is 7.16. The van der Waals surface area contributed by atoms with Gasteiger partial charge in [0.15, 0.2) is 0 Å². The number of nitrogens with zero attached hydrogens (tertiary/aromatic N) is 1. The van der Waals surface area contributed by atoms with E-state index in [0.29, 0.717) is 17.9 Å². The number of nitrogens with two attached hydrogens (primary N) is 1. The van der Waals surface area contributed by atoms with E-state index in [1.165, 1.54) is 11.6 Å². The summed E-state index contributed by atoms with van der Waals surface area (Å²) in [5.74, 6) is -0.508. The molecule has 0 atom stereocenters. The molecule has 110 valence electrons. The van der Waals surface area contributed by atoms with Crippen molar-refractivity contribution < 1.29 is 14.6 Å². The van der Waals surface area contributed by atoms with Gasteiger partial charge < -0.3 is 15.6 Å². The molecule has 0 saturated heterocycles. The summed E-state index contributed by atoms with van der Waals surface area (Å²) < 4.78 is 5.62. The number of carboxylic acid groups (broad SMARTS) is 1. The van der Waals surface area contributed by atoms with E-state index in [2.05, 4.69) is 4.98 Å². The van der Waals surface area contributed by atoms with E-state index in [9.17, 15) is 4.79 Å². The molecule has 1 aromatic carbocycles. The van der Waals surface area contributed by atoms with Gasteiger partial charge in [-0.1, -0.05) is 0 Å². The summed E-state index contributed by atoms with van der Waals surface area (Å²) in [6.07, 6.45) is 5.26. The van der Waals surface area contributed by atoms with Crippen molar-refractivity contribution in [3.63, 3.8) is 0 Å². The molecule has 2 rings (SSSR count). The van der Waals surface area contributed by atoms with Crippen molar-refractivity contribution >= 4 is 11.7 Å². The standard InChI is InChI=1S/C16H18N2O3/c1-11-9-13(10-14(15(11)17)16(19)20)21-8-2-3-12-4-6-18-7-5-12/h4-7,9-10H,2-3,8,17H2,1H3,(H,19,20). The molecule has 0 spiro atoms. The van der Waals surface area contributed by atoms with Crippen molar-refractivity contribution in [1.29, 1.82) is 0 Å². The van der Waals surface area contributed by atoms with Gasteiger partial charge in [-0.15, -0.1) is 0 Å². The van der Waals surface area contributed by atoms with Gasteiger partial charge in [0.1, 0.15) is 5.75 Å². The summed E-state index contributed by atoms with van der Waals surface area (Å²) in [7, 11) is 0. The fraction of sp³-hybridized carbons (Fsp3) is 0.250.